The Hall–Kier alpha value is -1.20. The SMILES string of the molecule is NCc1ccc(-c2cc(F)c(Br)cc2F)o1. The van der Waals surface area contributed by atoms with E-state index in [0.29, 0.717) is 5.76 Å². The average Bonchev–Trinajstić information content (AvgIpc) is 2.71. The van der Waals surface area contributed by atoms with Crippen LogP contribution in [-0.4, -0.2) is 0 Å². The van der Waals surface area contributed by atoms with Crippen LogP contribution in [-0.2, 0) is 6.54 Å². The van der Waals surface area contributed by atoms with E-state index in [1.807, 2.05) is 0 Å². The summed E-state index contributed by atoms with van der Waals surface area (Å²) in [4.78, 5) is 0. The standard InChI is InChI=1S/C11H8BrF2NO/c12-8-4-9(13)7(3-10(8)14)11-2-1-6(5-15)16-11/h1-4H,5,15H2. The number of hydrogen-bond acceptors (Lipinski definition) is 2. The zero-order valence-corrected chi connectivity index (χ0v) is 9.72. The highest BCUT2D eigenvalue weighted by Crippen LogP contribution is 2.29. The molecule has 2 nitrogen and oxygen atoms in total. The molecule has 0 saturated heterocycles. The topological polar surface area (TPSA) is 39.2 Å². The Balaban J connectivity index is 2.51. The van der Waals surface area contributed by atoms with Crippen molar-refractivity contribution in [3.63, 3.8) is 0 Å². The lowest BCUT2D eigenvalue weighted by Gasteiger charge is -2.01. The quantitative estimate of drug-likeness (QED) is 0.860. The first kappa shape index (κ1) is 11.3. The predicted molar refractivity (Wildman–Crippen MR) is 59.7 cm³/mol. The van der Waals surface area contributed by atoms with Gasteiger partial charge in [-0.2, -0.15) is 0 Å². The fourth-order valence-corrected chi connectivity index (χ4v) is 1.66. The van der Waals surface area contributed by atoms with E-state index in [1.165, 1.54) is 0 Å². The molecule has 0 aliphatic carbocycles. The van der Waals surface area contributed by atoms with E-state index in [2.05, 4.69) is 15.9 Å². The van der Waals surface area contributed by atoms with E-state index in [0.717, 1.165) is 12.1 Å². The molecule has 84 valence electrons. The Bertz CT molecular complexity index is 525. The third kappa shape index (κ3) is 2.01. The summed E-state index contributed by atoms with van der Waals surface area (Å²) in [6, 6.07) is 5.34. The number of halogens is 3. The maximum absolute atomic E-state index is 13.5. The van der Waals surface area contributed by atoms with Crippen LogP contribution < -0.4 is 5.73 Å². The molecule has 2 rings (SSSR count). The van der Waals surface area contributed by atoms with Gasteiger partial charge in [0.15, 0.2) is 0 Å². The molecule has 1 aromatic heterocycles. The van der Waals surface area contributed by atoms with Crippen molar-refractivity contribution in [1.29, 1.82) is 0 Å². The van der Waals surface area contributed by atoms with Gasteiger partial charge in [0.05, 0.1) is 16.6 Å². The molecular weight excluding hydrogens is 280 g/mol. The second kappa shape index (κ2) is 4.35. The van der Waals surface area contributed by atoms with Gasteiger partial charge in [-0.3, -0.25) is 0 Å². The van der Waals surface area contributed by atoms with E-state index < -0.39 is 11.6 Å². The Labute approximate surface area is 99.2 Å². The Kier molecular flexibility index (Phi) is 3.07. The van der Waals surface area contributed by atoms with Crippen molar-refractivity contribution < 1.29 is 13.2 Å². The molecule has 2 N–H and O–H groups in total. The summed E-state index contributed by atoms with van der Waals surface area (Å²) in [5, 5.41) is 0. The highest BCUT2D eigenvalue weighted by Gasteiger charge is 2.13. The van der Waals surface area contributed by atoms with Gasteiger partial charge in [0.25, 0.3) is 0 Å². The maximum Gasteiger partial charge on any atom is 0.138 e. The lowest BCUT2D eigenvalue weighted by Crippen LogP contribution is -1.92. The molecule has 0 unspecified atom stereocenters. The highest BCUT2D eigenvalue weighted by atomic mass is 79.9. The van der Waals surface area contributed by atoms with Crippen LogP contribution in [0.3, 0.4) is 0 Å². The minimum absolute atomic E-state index is 0.0827. The molecule has 0 spiro atoms. The molecule has 0 fully saturated rings. The Morgan fingerprint density at radius 2 is 1.94 bits per heavy atom. The van der Waals surface area contributed by atoms with Gasteiger partial charge >= 0.3 is 0 Å². The first-order valence-electron chi connectivity index (χ1n) is 4.55. The van der Waals surface area contributed by atoms with Crippen molar-refractivity contribution in [3.05, 3.63) is 46.1 Å². The van der Waals surface area contributed by atoms with E-state index in [-0.39, 0.29) is 22.3 Å². The third-order valence-corrected chi connectivity index (χ3v) is 2.75. The normalized spacial score (nSPS) is 10.8. The number of benzene rings is 1. The van der Waals surface area contributed by atoms with Gasteiger partial charge in [0, 0.05) is 0 Å². The van der Waals surface area contributed by atoms with Crippen molar-refractivity contribution in [1.82, 2.24) is 0 Å². The van der Waals surface area contributed by atoms with Crippen LogP contribution in [0.4, 0.5) is 8.78 Å². The summed E-state index contributed by atoms with van der Waals surface area (Å²) in [5.74, 6) is -0.296. The van der Waals surface area contributed by atoms with E-state index in [1.54, 1.807) is 12.1 Å². The molecule has 0 amide bonds. The van der Waals surface area contributed by atoms with Crippen molar-refractivity contribution in [2.75, 3.05) is 0 Å². The van der Waals surface area contributed by atoms with Gasteiger partial charge in [-0.25, -0.2) is 8.78 Å². The third-order valence-electron chi connectivity index (χ3n) is 2.14. The molecule has 16 heavy (non-hydrogen) atoms. The predicted octanol–water partition coefficient (Wildman–Crippen LogP) is 3.45. The summed E-state index contributed by atoms with van der Waals surface area (Å²) < 4.78 is 32.1. The van der Waals surface area contributed by atoms with Gasteiger partial charge in [-0.15, -0.1) is 0 Å². The van der Waals surface area contributed by atoms with Crippen molar-refractivity contribution in [2.45, 2.75) is 6.54 Å². The van der Waals surface area contributed by atoms with Crippen molar-refractivity contribution >= 4 is 15.9 Å². The molecule has 5 heteroatoms. The zero-order valence-electron chi connectivity index (χ0n) is 8.14. The molecule has 2 aromatic rings. The number of furan rings is 1. The summed E-state index contributed by atoms with van der Waals surface area (Å²) >= 11 is 2.91. The van der Waals surface area contributed by atoms with E-state index in [9.17, 15) is 8.78 Å². The minimum Gasteiger partial charge on any atom is -0.460 e. The minimum atomic E-state index is -0.550. The van der Waals surface area contributed by atoms with E-state index >= 15 is 0 Å². The van der Waals surface area contributed by atoms with Crippen LogP contribution in [0, 0.1) is 11.6 Å². The van der Waals surface area contributed by atoms with Crippen molar-refractivity contribution in [2.24, 2.45) is 5.73 Å². The summed E-state index contributed by atoms with van der Waals surface area (Å²) in [6.07, 6.45) is 0. The second-order valence-electron chi connectivity index (χ2n) is 3.22. The first-order valence-corrected chi connectivity index (χ1v) is 5.35. The van der Waals surface area contributed by atoms with Gasteiger partial charge < -0.3 is 10.2 Å². The van der Waals surface area contributed by atoms with Crippen LogP contribution in [0.2, 0.25) is 0 Å². The lowest BCUT2D eigenvalue weighted by atomic mass is 10.1. The van der Waals surface area contributed by atoms with Crippen LogP contribution >= 0.6 is 15.9 Å². The van der Waals surface area contributed by atoms with Crippen molar-refractivity contribution in [3.8, 4) is 11.3 Å². The number of rotatable bonds is 2. The molecule has 0 aliphatic heterocycles. The largest absolute Gasteiger partial charge is 0.460 e. The van der Waals surface area contributed by atoms with Crippen LogP contribution in [0.15, 0.2) is 33.2 Å². The summed E-state index contributed by atoms with van der Waals surface area (Å²) in [6.45, 7) is 0.223. The molecule has 1 aromatic carbocycles. The van der Waals surface area contributed by atoms with Crippen LogP contribution in [0.5, 0.6) is 0 Å². The van der Waals surface area contributed by atoms with E-state index in [4.69, 9.17) is 10.2 Å². The molecule has 0 aliphatic rings. The number of hydrogen-bond donors (Lipinski definition) is 1. The molecule has 0 saturated carbocycles. The van der Waals surface area contributed by atoms with Crippen LogP contribution in [0.1, 0.15) is 5.76 Å². The molecule has 0 atom stereocenters. The highest BCUT2D eigenvalue weighted by molar-refractivity contribution is 9.10. The maximum atomic E-state index is 13.5. The molecule has 1 heterocycles. The van der Waals surface area contributed by atoms with Gasteiger partial charge in [0.2, 0.25) is 0 Å². The fraction of sp³-hybridized carbons (Fsp3) is 0.0909. The molecule has 0 radical (unpaired) electrons. The first-order chi connectivity index (χ1) is 7.61. The van der Waals surface area contributed by atoms with Gasteiger partial charge in [0.1, 0.15) is 23.2 Å². The number of nitrogens with two attached hydrogens (primary N) is 1. The fourth-order valence-electron chi connectivity index (χ4n) is 1.34. The van der Waals surface area contributed by atoms with Gasteiger partial charge in [-0.05, 0) is 40.2 Å². The molecular formula is C11H8BrF2NO. The smallest absolute Gasteiger partial charge is 0.138 e. The molecule has 0 bridgehead atoms. The summed E-state index contributed by atoms with van der Waals surface area (Å²) in [5.41, 5.74) is 5.45. The van der Waals surface area contributed by atoms with Gasteiger partial charge in [-0.1, -0.05) is 0 Å². The monoisotopic (exact) mass is 287 g/mol. The van der Waals surface area contributed by atoms with Crippen LogP contribution in [0.25, 0.3) is 11.3 Å². The Morgan fingerprint density at radius 3 is 2.56 bits per heavy atom. The summed E-state index contributed by atoms with van der Waals surface area (Å²) in [7, 11) is 0. The average molecular weight is 288 g/mol. The Morgan fingerprint density at radius 1 is 1.19 bits per heavy atom. The lowest BCUT2D eigenvalue weighted by molar-refractivity contribution is 0.518. The second-order valence-corrected chi connectivity index (χ2v) is 4.07. The zero-order chi connectivity index (χ0) is 11.7.